The number of hydrogen-bond donors (Lipinski definition) is 1. The van der Waals surface area contributed by atoms with Crippen molar-refractivity contribution in [3.8, 4) is 0 Å². The Morgan fingerprint density at radius 3 is 1.13 bits per heavy atom. The Morgan fingerprint density at radius 2 is 1.00 bits per heavy atom. The number of hydrogen-bond acceptors (Lipinski definition) is 3. The zero-order valence-corrected chi connectivity index (χ0v) is 11.7. The van der Waals surface area contributed by atoms with E-state index in [1.165, 1.54) is 0 Å². The van der Waals surface area contributed by atoms with E-state index in [-0.39, 0.29) is 11.2 Å². The molecular weight excluding hydrogens is 190 g/mol. The van der Waals surface area contributed by atoms with Crippen molar-refractivity contribution in [2.24, 2.45) is 0 Å². The highest BCUT2D eigenvalue weighted by Crippen LogP contribution is 2.20. The van der Waals surface area contributed by atoms with Crippen LogP contribution in [0.2, 0.25) is 0 Å². The lowest BCUT2D eigenvalue weighted by molar-refractivity contribution is -0.401. The lowest BCUT2D eigenvalue weighted by Crippen LogP contribution is -2.31. The van der Waals surface area contributed by atoms with E-state index in [2.05, 4.69) is 19.2 Å². The molecule has 0 aromatic carbocycles. The molecule has 0 unspecified atom stereocenters. The van der Waals surface area contributed by atoms with E-state index in [4.69, 9.17) is 9.78 Å². The third-order valence-electron chi connectivity index (χ3n) is 2.20. The van der Waals surface area contributed by atoms with Crippen molar-refractivity contribution in [3.05, 3.63) is 0 Å². The molecule has 0 aliphatic rings. The molecule has 0 saturated heterocycles. The first-order valence-electron chi connectivity index (χ1n) is 5.70. The molecule has 0 heterocycles. The maximum Gasteiger partial charge on any atom is 0.0977 e. The van der Waals surface area contributed by atoms with Crippen LogP contribution in [0.15, 0.2) is 0 Å². The van der Waals surface area contributed by atoms with Gasteiger partial charge >= 0.3 is 0 Å². The monoisotopic (exact) mass is 219 g/mol. The second-order valence-electron chi connectivity index (χ2n) is 4.89. The van der Waals surface area contributed by atoms with Crippen molar-refractivity contribution in [1.29, 1.82) is 0 Å². The minimum Gasteiger partial charge on any atom is -0.323 e. The minimum absolute atomic E-state index is 0.174. The van der Waals surface area contributed by atoms with Gasteiger partial charge in [0.15, 0.2) is 0 Å². The molecule has 0 rings (SSSR count). The van der Waals surface area contributed by atoms with Crippen molar-refractivity contribution in [2.75, 3.05) is 14.1 Å². The van der Waals surface area contributed by atoms with Gasteiger partial charge in [0.05, 0.1) is 11.2 Å². The van der Waals surface area contributed by atoms with Crippen LogP contribution < -0.4 is 5.32 Å². The van der Waals surface area contributed by atoms with Gasteiger partial charge in [-0.3, -0.25) is 0 Å². The Labute approximate surface area is 95.5 Å². The van der Waals surface area contributed by atoms with E-state index in [1.54, 1.807) is 0 Å². The van der Waals surface area contributed by atoms with Gasteiger partial charge in [-0.05, 0) is 54.6 Å². The molecule has 0 bridgehead atoms. The SMILES string of the molecule is CCC(C)(C)OOC(C)(C)CC.CNC. The van der Waals surface area contributed by atoms with Crippen LogP contribution in [0.4, 0.5) is 0 Å². The summed E-state index contributed by atoms with van der Waals surface area (Å²) < 4.78 is 0. The third kappa shape index (κ3) is 11.8. The summed E-state index contributed by atoms with van der Waals surface area (Å²) in [6.45, 7) is 12.3. The molecule has 0 aliphatic carbocycles. The zero-order valence-electron chi connectivity index (χ0n) is 11.7. The quantitative estimate of drug-likeness (QED) is 0.569. The fourth-order valence-electron chi connectivity index (χ4n) is 0.343. The van der Waals surface area contributed by atoms with Crippen LogP contribution >= 0.6 is 0 Å². The maximum absolute atomic E-state index is 5.33. The van der Waals surface area contributed by atoms with Crippen LogP contribution in [0.5, 0.6) is 0 Å². The van der Waals surface area contributed by atoms with Gasteiger partial charge in [-0.2, -0.15) is 0 Å². The molecule has 0 fully saturated rings. The highest BCUT2D eigenvalue weighted by Gasteiger charge is 2.23. The summed E-state index contributed by atoms with van der Waals surface area (Å²) in [6, 6.07) is 0. The average Bonchev–Trinajstić information content (AvgIpc) is 2.17. The van der Waals surface area contributed by atoms with Gasteiger partial charge < -0.3 is 5.32 Å². The molecule has 1 N–H and O–H groups in total. The smallest absolute Gasteiger partial charge is 0.0977 e. The summed E-state index contributed by atoms with van der Waals surface area (Å²) in [5.74, 6) is 0. The summed E-state index contributed by atoms with van der Waals surface area (Å²) >= 11 is 0. The second-order valence-corrected chi connectivity index (χ2v) is 4.89. The largest absolute Gasteiger partial charge is 0.323 e. The van der Waals surface area contributed by atoms with Gasteiger partial charge in [0.2, 0.25) is 0 Å². The Balaban J connectivity index is 0. The van der Waals surface area contributed by atoms with Gasteiger partial charge in [-0.25, -0.2) is 9.78 Å². The van der Waals surface area contributed by atoms with Crippen molar-refractivity contribution < 1.29 is 9.78 Å². The lowest BCUT2D eigenvalue weighted by Gasteiger charge is -2.29. The number of rotatable bonds is 5. The summed E-state index contributed by atoms with van der Waals surface area (Å²) in [4.78, 5) is 10.7. The molecule has 0 aliphatic heterocycles. The summed E-state index contributed by atoms with van der Waals surface area (Å²) in [5.41, 5.74) is -0.348. The molecule has 3 heteroatoms. The average molecular weight is 219 g/mol. The van der Waals surface area contributed by atoms with Crippen LogP contribution in [0.3, 0.4) is 0 Å². The van der Waals surface area contributed by atoms with Crippen LogP contribution in [0, 0.1) is 0 Å². The standard InChI is InChI=1S/C10H22O2.C2H7N/c1-7-9(3,4)11-12-10(5,6)8-2;1-3-2/h7-8H2,1-6H3;3H,1-2H3. The first-order chi connectivity index (χ1) is 6.74. The highest BCUT2D eigenvalue weighted by molar-refractivity contribution is 4.66. The molecule has 3 nitrogen and oxygen atoms in total. The van der Waals surface area contributed by atoms with Crippen molar-refractivity contribution in [1.82, 2.24) is 5.32 Å². The predicted molar refractivity (Wildman–Crippen MR) is 65.9 cm³/mol. The van der Waals surface area contributed by atoms with Crippen LogP contribution in [-0.2, 0) is 9.78 Å². The molecule has 15 heavy (non-hydrogen) atoms. The van der Waals surface area contributed by atoms with E-state index in [0.29, 0.717) is 0 Å². The first-order valence-corrected chi connectivity index (χ1v) is 5.70. The highest BCUT2D eigenvalue weighted by atomic mass is 17.2. The molecule has 0 saturated carbocycles. The molecule has 94 valence electrons. The van der Waals surface area contributed by atoms with Crippen molar-refractivity contribution >= 4 is 0 Å². The fraction of sp³-hybridized carbons (Fsp3) is 1.00. The Kier molecular flexibility index (Phi) is 9.31. The van der Waals surface area contributed by atoms with Crippen LogP contribution in [0.1, 0.15) is 54.4 Å². The lowest BCUT2D eigenvalue weighted by atomic mass is 10.1. The Bertz CT molecular complexity index is 129. The van der Waals surface area contributed by atoms with Crippen LogP contribution in [-0.4, -0.2) is 25.3 Å². The Morgan fingerprint density at radius 1 is 0.800 bits per heavy atom. The maximum atomic E-state index is 5.33. The zero-order chi connectivity index (χ0) is 12.5. The fourth-order valence-corrected chi connectivity index (χ4v) is 0.343. The molecule has 0 aromatic heterocycles. The van der Waals surface area contributed by atoms with Gasteiger partial charge in [0, 0.05) is 0 Å². The minimum atomic E-state index is -0.174. The molecule has 0 aromatic rings. The summed E-state index contributed by atoms with van der Waals surface area (Å²) in [5, 5.41) is 2.75. The molecule has 0 atom stereocenters. The van der Waals surface area contributed by atoms with E-state index >= 15 is 0 Å². The van der Waals surface area contributed by atoms with Gasteiger partial charge in [0.1, 0.15) is 0 Å². The molecule has 0 amide bonds. The summed E-state index contributed by atoms with van der Waals surface area (Å²) in [6.07, 6.45) is 1.90. The summed E-state index contributed by atoms with van der Waals surface area (Å²) in [7, 11) is 3.75. The van der Waals surface area contributed by atoms with Crippen molar-refractivity contribution in [3.63, 3.8) is 0 Å². The normalized spacial score (nSPS) is 12.0. The molecule has 0 radical (unpaired) electrons. The van der Waals surface area contributed by atoms with Gasteiger partial charge in [-0.1, -0.05) is 13.8 Å². The second kappa shape index (κ2) is 8.08. The molecular formula is C12H29NO2. The van der Waals surface area contributed by atoms with E-state index in [1.807, 2.05) is 41.8 Å². The van der Waals surface area contributed by atoms with E-state index in [9.17, 15) is 0 Å². The third-order valence-corrected chi connectivity index (χ3v) is 2.20. The van der Waals surface area contributed by atoms with Gasteiger partial charge in [-0.15, -0.1) is 0 Å². The van der Waals surface area contributed by atoms with Crippen LogP contribution in [0.25, 0.3) is 0 Å². The number of nitrogens with one attached hydrogen (secondary N) is 1. The van der Waals surface area contributed by atoms with E-state index < -0.39 is 0 Å². The predicted octanol–water partition coefficient (Wildman–Crippen LogP) is 3.15. The first kappa shape index (κ1) is 17.3. The van der Waals surface area contributed by atoms with E-state index in [0.717, 1.165) is 12.8 Å². The van der Waals surface area contributed by atoms with Gasteiger partial charge in [0.25, 0.3) is 0 Å². The topological polar surface area (TPSA) is 30.5 Å². The van der Waals surface area contributed by atoms with Crippen molar-refractivity contribution in [2.45, 2.75) is 65.6 Å². The Hall–Kier alpha value is -0.120. The molecule has 0 spiro atoms.